The molecule has 0 radical (unpaired) electrons. The van der Waals surface area contributed by atoms with Crippen molar-refractivity contribution in [1.82, 2.24) is 4.90 Å². The zero-order valence-electron chi connectivity index (χ0n) is 12.3. The molecule has 0 spiro atoms. The summed E-state index contributed by atoms with van der Waals surface area (Å²) in [5.74, 6) is 0.429. The van der Waals surface area contributed by atoms with Crippen molar-refractivity contribution in [2.24, 2.45) is 11.8 Å². The number of amides is 1. The average Bonchev–Trinajstić information content (AvgIpc) is 2.85. The van der Waals surface area contributed by atoms with Crippen molar-refractivity contribution in [2.75, 3.05) is 13.1 Å². The van der Waals surface area contributed by atoms with Crippen molar-refractivity contribution >= 4 is 12.0 Å². The first-order valence-electron chi connectivity index (χ1n) is 7.08. The summed E-state index contributed by atoms with van der Waals surface area (Å²) in [5.41, 5.74) is 0.0651. The Morgan fingerprint density at radius 3 is 2.45 bits per heavy atom. The molecule has 1 aromatic rings. The Morgan fingerprint density at radius 1 is 1.27 bits per heavy atom. The molecule has 0 saturated carbocycles. The highest BCUT2D eigenvalue weighted by molar-refractivity contribution is 5.87. The van der Waals surface area contributed by atoms with Crippen molar-refractivity contribution in [2.45, 2.75) is 13.1 Å². The zero-order chi connectivity index (χ0) is 16.3. The summed E-state index contributed by atoms with van der Waals surface area (Å²) in [6.07, 6.45) is 0.759. The van der Waals surface area contributed by atoms with E-state index in [0.717, 1.165) is 12.1 Å². The largest absolute Gasteiger partial charge is 0.416 e. The van der Waals surface area contributed by atoms with Crippen LogP contribution < -0.4 is 0 Å². The number of halogens is 3. The third-order valence-corrected chi connectivity index (χ3v) is 3.93. The van der Waals surface area contributed by atoms with Crippen LogP contribution in [-0.2, 0) is 11.0 Å². The normalized spacial score (nSPS) is 22.3. The molecule has 2 rings (SSSR count). The number of rotatable bonds is 3. The second-order valence-corrected chi connectivity index (χ2v) is 5.57. The van der Waals surface area contributed by atoms with Crippen LogP contribution >= 0.6 is 0 Å². The number of hydrogen-bond acceptors (Lipinski definition) is 1. The number of likely N-dealkylation sites (tertiary alicyclic amines) is 1. The lowest BCUT2D eigenvalue weighted by Gasteiger charge is -2.12. The molecular formula is C17H18F3NO. The number of hydrogen-bond donors (Lipinski definition) is 0. The van der Waals surface area contributed by atoms with E-state index >= 15 is 0 Å². The average molecular weight is 309 g/mol. The quantitative estimate of drug-likeness (QED) is 0.773. The molecule has 5 heteroatoms. The van der Waals surface area contributed by atoms with Gasteiger partial charge in [0, 0.05) is 13.1 Å². The van der Waals surface area contributed by atoms with E-state index in [2.05, 4.69) is 13.5 Å². The van der Waals surface area contributed by atoms with E-state index < -0.39 is 11.7 Å². The maximum atomic E-state index is 12.5. The Bertz CT molecular complexity index is 575. The number of nitrogens with zero attached hydrogens (tertiary/aromatic N) is 1. The summed E-state index contributed by atoms with van der Waals surface area (Å²) in [7, 11) is 0. The smallest absolute Gasteiger partial charge is 0.338 e. The van der Waals surface area contributed by atoms with Gasteiger partial charge in [-0.15, -0.1) is 0 Å². The predicted octanol–water partition coefficient (Wildman–Crippen LogP) is 4.00. The van der Waals surface area contributed by atoms with Gasteiger partial charge in [-0.2, -0.15) is 13.2 Å². The summed E-state index contributed by atoms with van der Waals surface area (Å²) < 4.78 is 37.5. The molecule has 2 atom stereocenters. The fourth-order valence-electron chi connectivity index (χ4n) is 2.57. The van der Waals surface area contributed by atoms with Crippen molar-refractivity contribution in [1.29, 1.82) is 0 Å². The Morgan fingerprint density at radius 2 is 1.91 bits per heavy atom. The summed E-state index contributed by atoms with van der Waals surface area (Å²) in [6, 6.07) is 5.05. The van der Waals surface area contributed by atoms with Crippen LogP contribution in [0.1, 0.15) is 18.1 Å². The van der Waals surface area contributed by atoms with Gasteiger partial charge in [0.2, 0.25) is 5.91 Å². The van der Waals surface area contributed by atoms with Gasteiger partial charge in [0.05, 0.1) is 5.56 Å². The SMILES string of the molecule is C=CC(=O)N1C[C@@H](C)[C@H](C=Cc2ccc(C(F)(F)F)cc2)C1. The monoisotopic (exact) mass is 309 g/mol. The molecule has 1 aromatic carbocycles. The fourth-order valence-corrected chi connectivity index (χ4v) is 2.57. The van der Waals surface area contributed by atoms with Crippen LogP contribution in [0.2, 0.25) is 0 Å². The first kappa shape index (κ1) is 16.3. The molecule has 0 unspecified atom stereocenters. The van der Waals surface area contributed by atoms with Crippen molar-refractivity contribution in [3.63, 3.8) is 0 Å². The van der Waals surface area contributed by atoms with Crippen molar-refractivity contribution < 1.29 is 18.0 Å². The number of alkyl halides is 3. The first-order chi connectivity index (χ1) is 10.3. The van der Waals surface area contributed by atoms with E-state index in [-0.39, 0.29) is 11.8 Å². The Balaban J connectivity index is 2.03. The molecule has 118 valence electrons. The molecule has 0 aliphatic carbocycles. The highest BCUT2D eigenvalue weighted by Crippen LogP contribution is 2.29. The Kier molecular flexibility index (Phi) is 4.74. The van der Waals surface area contributed by atoms with Gasteiger partial charge in [0.25, 0.3) is 0 Å². The maximum absolute atomic E-state index is 12.5. The summed E-state index contributed by atoms with van der Waals surface area (Å²) in [5, 5.41) is 0. The minimum atomic E-state index is -4.31. The second-order valence-electron chi connectivity index (χ2n) is 5.57. The molecule has 0 bridgehead atoms. The molecule has 1 aliphatic rings. The number of carbonyl (C=O) groups excluding carboxylic acids is 1. The van der Waals surface area contributed by atoms with Crippen LogP contribution in [0.4, 0.5) is 13.2 Å². The van der Waals surface area contributed by atoms with Gasteiger partial charge < -0.3 is 4.90 Å². The third kappa shape index (κ3) is 3.78. The highest BCUT2D eigenvalue weighted by Gasteiger charge is 2.30. The van der Waals surface area contributed by atoms with Gasteiger partial charge in [0.15, 0.2) is 0 Å². The second kappa shape index (κ2) is 6.38. The Hall–Kier alpha value is -2.04. The number of benzene rings is 1. The van der Waals surface area contributed by atoms with Gasteiger partial charge in [-0.25, -0.2) is 0 Å². The molecule has 1 aliphatic heterocycles. The van der Waals surface area contributed by atoms with E-state index in [1.165, 1.54) is 18.2 Å². The van der Waals surface area contributed by atoms with E-state index in [0.29, 0.717) is 24.6 Å². The van der Waals surface area contributed by atoms with E-state index in [1.807, 2.05) is 12.2 Å². The van der Waals surface area contributed by atoms with Gasteiger partial charge in [-0.3, -0.25) is 4.79 Å². The minimum Gasteiger partial charge on any atom is -0.338 e. The number of carbonyl (C=O) groups is 1. The lowest BCUT2D eigenvalue weighted by Crippen LogP contribution is -2.26. The summed E-state index contributed by atoms with van der Waals surface area (Å²) in [4.78, 5) is 13.3. The predicted molar refractivity (Wildman–Crippen MR) is 79.9 cm³/mol. The van der Waals surface area contributed by atoms with Gasteiger partial charge in [0.1, 0.15) is 0 Å². The van der Waals surface area contributed by atoms with Gasteiger partial charge in [-0.05, 0) is 35.6 Å². The Labute approximate surface area is 127 Å². The third-order valence-electron chi connectivity index (χ3n) is 3.93. The van der Waals surface area contributed by atoms with Crippen LogP contribution in [0.25, 0.3) is 6.08 Å². The van der Waals surface area contributed by atoms with Gasteiger partial charge in [-0.1, -0.05) is 37.8 Å². The molecule has 0 aromatic heterocycles. The summed E-state index contributed by atoms with van der Waals surface area (Å²) >= 11 is 0. The molecule has 1 fully saturated rings. The molecule has 0 N–H and O–H groups in total. The first-order valence-corrected chi connectivity index (χ1v) is 7.08. The highest BCUT2D eigenvalue weighted by atomic mass is 19.4. The van der Waals surface area contributed by atoms with Crippen molar-refractivity contribution in [3.05, 3.63) is 54.1 Å². The maximum Gasteiger partial charge on any atom is 0.416 e. The molecule has 22 heavy (non-hydrogen) atoms. The molecule has 1 saturated heterocycles. The lowest BCUT2D eigenvalue weighted by atomic mass is 9.97. The minimum absolute atomic E-state index is 0.0859. The van der Waals surface area contributed by atoms with E-state index in [4.69, 9.17) is 0 Å². The van der Waals surface area contributed by atoms with Crippen LogP contribution in [0.3, 0.4) is 0 Å². The van der Waals surface area contributed by atoms with Crippen LogP contribution in [0.15, 0.2) is 43.0 Å². The van der Waals surface area contributed by atoms with Crippen molar-refractivity contribution in [3.8, 4) is 0 Å². The molecule has 1 heterocycles. The molecular weight excluding hydrogens is 291 g/mol. The van der Waals surface area contributed by atoms with E-state index in [9.17, 15) is 18.0 Å². The lowest BCUT2D eigenvalue weighted by molar-refractivity contribution is -0.137. The zero-order valence-corrected chi connectivity index (χ0v) is 12.3. The standard InChI is InChI=1S/C17H18F3NO/c1-3-16(22)21-10-12(2)14(11-21)7-4-13-5-8-15(9-6-13)17(18,19)20/h3-9,12,14H,1,10-11H2,2H3/t12-,14-/m1/s1. The molecule has 1 amide bonds. The molecule has 2 nitrogen and oxygen atoms in total. The van der Waals surface area contributed by atoms with Crippen LogP contribution in [0.5, 0.6) is 0 Å². The fraction of sp³-hybridized carbons (Fsp3) is 0.353. The topological polar surface area (TPSA) is 20.3 Å². The van der Waals surface area contributed by atoms with E-state index in [1.54, 1.807) is 4.90 Å². The summed E-state index contributed by atoms with van der Waals surface area (Å²) in [6.45, 7) is 6.82. The van der Waals surface area contributed by atoms with Gasteiger partial charge >= 0.3 is 6.18 Å². The van der Waals surface area contributed by atoms with Crippen LogP contribution in [0, 0.1) is 11.8 Å². The van der Waals surface area contributed by atoms with Crippen LogP contribution in [-0.4, -0.2) is 23.9 Å².